The highest BCUT2D eigenvalue weighted by molar-refractivity contribution is 5.81. The third-order valence-corrected chi connectivity index (χ3v) is 4.49. The summed E-state index contributed by atoms with van der Waals surface area (Å²) < 4.78 is 5.74. The summed E-state index contributed by atoms with van der Waals surface area (Å²) >= 11 is 0. The number of likely N-dealkylation sites (N-methyl/N-ethyl adjacent to an activating group) is 1. The normalized spacial score (nSPS) is 24.4. The van der Waals surface area contributed by atoms with Crippen LogP contribution in [0.4, 0.5) is 0 Å². The van der Waals surface area contributed by atoms with Gasteiger partial charge in [-0.25, -0.2) is 0 Å². The molecule has 1 aromatic rings. The Kier molecular flexibility index (Phi) is 5.08. The summed E-state index contributed by atoms with van der Waals surface area (Å²) in [7, 11) is 2.10. The topological polar surface area (TPSA) is 36.0 Å². The summed E-state index contributed by atoms with van der Waals surface area (Å²) in [5.74, 6) is 0.158. The molecule has 0 radical (unpaired) electrons. The number of hydrogen-bond donors (Lipinski definition) is 0. The molecule has 22 heavy (non-hydrogen) atoms. The fourth-order valence-electron chi connectivity index (χ4n) is 3.07. The van der Waals surface area contributed by atoms with E-state index >= 15 is 0 Å². The molecule has 5 heteroatoms. The minimum absolute atomic E-state index is 0.158. The SMILES string of the molecule is CN1CCN(C(=O)C2CN(Cc3ccccc3)CCO2)CC1. The van der Waals surface area contributed by atoms with Gasteiger partial charge >= 0.3 is 0 Å². The van der Waals surface area contributed by atoms with E-state index in [4.69, 9.17) is 4.74 Å². The minimum Gasteiger partial charge on any atom is -0.366 e. The predicted octanol–water partition coefficient (Wildman–Crippen LogP) is 0.661. The van der Waals surface area contributed by atoms with Gasteiger partial charge < -0.3 is 14.5 Å². The second kappa shape index (κ2) is 7.22. The van der Waals surface area contributed by atoms with Crippen molar-refractivity contribution in [1.82, 2.24) is 14.7 Å². The fourth-order valence-corrected chi connectivity index (χ4v) is 3.07. The van der Waals surface area contributed by atoms with Crippen LogP contribution in [0.25, 0.3) is 0 Å². The van der Waals surface area contributed by atoms with Gasteiger partial charge in [-0.3, -0.25) is 9.69 Å². The molecule has 1 unspecified atom stereocenters. The van der Waals surface area contributed by atoms with Gasteiger partial charge in [0.15, 0.2) is 0 Å². The van der Waals surface area contributed by atoms with Gasteiger partial charge in [0, 0.05) is 45.8 Å². The van der Waals surface area contributed by atoms with E-state index in [0.717, 1.165) is 39.3 Å². The maximum Gasteiger partial charge on any atom is 0.253 e. The van der Waals surface area contributed by atoms with Crippen molar-refractivity contribution in [2.45, 2.75) is 12.6 Å². The van der Waals surface area contributed by atoms with E-state index in [9.17, 15) is 4.79 Å². The van der Waals surface area contributed by atoms with Crippen LogP contribution in [0.5, 0.6) is 0 Å². The van der Waals surface area contributed by atoms with Gasteiger partial charge in [0.25, 0.3) is 5.91 Å². The Morgan fingerprint density at radius 3 is 2.59 bits per heavy atom. The van der Waals surface area contributed by atoms with E-state index in [1.807, 2.05) is 11.0 Å². The zero-order valence-electron chi connectivity index (χ0n) is 13.3. The average molecular weight is 303 g/mol. The van der Waals surface area contributed by atoms with Gasteiger partial charge in [-0.05, 0) is 12.6 Å². The summed E-state index contributed by atoms with van der Waals surface area (Å²) in [5, 5.41) is 0. The Morgan fingerprint density at radius 1 is 1.14 bits per heavy atom. The van der Waals surface area contributed by atoms with E-state index < -0.39 is 0 Å². The molecular formula is C17H25N3O2. The summed E-state index contributed by atoms with van der Waals surface area (Å²) in [6.45, 7) is 6.63. The van der Waals surface area contributed by atoms with Crippen LogP contribution in [0.15, 0.2) is 30.3 Å². The van der Waals surface area contributed by atoms with E-state index in [0.29, 0.717) is 13.2 Å². The van der Waals surface area contributed by atoms with Crippen LogP contribution in [0.1, 0.15) is 5.56 Å². The molecule has 1 amide bonds. The second-order valence-corrected chi connectivity index (χ2v) is 6.21. The maximum absolute atomic E-state index is 12.6. The molecule has 2 heterocycles. The Bertz CT molecular complexity index is 486. The third-order valence-electron chi connectivity index (χ3n) is 4.49. The summed E-state index contributed by atoms with van der Waals surface area (Å²) in [5.41, 5.74) is 1.29. The number of hydrogen-bond acceptors (Lipinski definition) is 4. The van der Waals surface area contributed by atoms with Crippen molar-refractivity contribution in [2.75, 3.05) is 52.9 Å². The zero-order chi connectivity index (χ0) is 15.4. The number of amides is 1. The van der Waals surface area contributed by atoms with Crippen LogP contribution in [-0.2, 0) is 16.1 Å². The lowest BCUT2D eigenvalue weighted by atomic mass is 10.1. The number of nitrogens with zero attached hydrogens (tertiary/aromatic N) is 3. The first kappa shape index (κ1) is 15.5. The zero-order valence-corrected chi connectivity index (χ0v) is 13.3. The molecule has 0 saturated carbocycles. The lowest BCUT2D eigenvalue weighted by Crippen LogP contribution is -2.55. The molecule has 0 spiro atoms. The molecule has 2 saturated heterocycles. The van der Waals surface area contributed by atoms with Gasteiger partial charge in [0.05, 0.1) is 6.61 Å². The quantitative estimate of drug-likeness (QED) is 0.822. The first-order valence-electron chi connectivity index (χ1n) is 8.07. The number of ether oxygens (including phenoxy) is 1. The van der Waals surface area contributed by atoms with Crippen molar-refractivity contribution in [2.24, 2.45) is 0 Å². The number of carbonyl (C=O) groups is 1. The Morgan fingerprint density at radius 2 is 1.86 bits per heavy atom. The largest absolute Gasteiger partial charge is 0.366 e. The molecule has 0 aromatic heterocycles. The number of benzene rings is 1. The number of carbonyl (C=O) groups excluding carboxylic acids is 1. The van der Waals surface area contributed by atoms with Gasteiger partial charge in [-0.15, -0.1) is 0 Å². The molecule has 0 bridgehead atoms. The van der Waals surface area contributed by atoms with Gasteiger partial charge in [-0.1, -0.05) is 30.3 Å². The van der Waals surface area contributed by atoms with Crippen LogP contribution in [0.3, 0.4) is 0 Å². The first-order valence-corrected chi connectivity index (χ1v) is 8.07. The molecular weight excluding hydrogens is 278 g/mol. The highest BCUT2D eigenvalue weighted by Crippen LogP contribution is 2.13. The van der Waals surface area contributed by atoms with Crippen molar-refractivity contribution in [1.29, 1.82) is 0 Å². The standard InChI is InChI=1S/C17H25N3O2/c1-18-7-9-20(10-8-18)17(21)16-14-19(11-12-22-16)13-15-5-3-2-4-6-15/h2-6,16H,7-14H2,1H3. The average Bonchev–Trinajstić information content (AvgIpc) is 2.56. The number of morpholine rings is 1. The summed E-state index contributed by atoms with van der Waals surface area (Å²) in [6.07, 6.45) is -0.305. The number of piperazine rings is 1. The first-order chi connectivity index (χ1) is 10.7. The molecule has 2 aliphatic rings. The lowest BCUT2D eigenvalue weighted by molar-refractivity contribution is -0.151. The lowest BCUT2D eigenvalue weighted by Gasteiger charge is -2.38. The molecule has 3 rings (SSSR count). The molecule has 5 nitrogen and oxygen atoms in total. The molecule has 0 aliphatic carbocycles. The van der Waals surface area contributed by atoms with Crippen molar-refractivity contribution in [3.05, 3.63) is 35.9 Å². The third kappa shape index (κ3) is 3.85. The fraction of sp³-hybridized carbons (Fsp3) is 0.588. The summed E-state index contributed by atoms with van der Waals surface area (Å²) in [4.78, 5) is 19.1. The minimum atomic E-state index is -0.305. The van der Waals surface area contributed by atoms with Crippen LogP contribution in [-0.4, -0.2) is 79.6 Å². The van der Waals surface area contributed by atoms with E-state index in [2.05, 4.69) is 41.1 Å². The van der Waals surface area contributed by atoms with Crippen molar-refractivity contribution >= 4 is 5.91 Å². The Hall–Kier alpha value is -1.43. The highest BCUT2D eigenvalue weighted by Gasteiger charge is 2.31. The van der Waals surface area contributed by atoms with E-state index in [1.165, 1.54) is 5.56 Å². The van der Waals surface area contributed by atoms with Crippen LogP contribution in [0.2, 0.25) is 0 Å². The second-order valence-electron chi connectivity index (χ2n) is 6.21. The van der Waals surface area contributed by atoms with Gasteiger partial charge in [-0.2, -0.15) is 0 Å². The van der Waals surface area contributed by atoms with Crippen LogP contribution in [0, 0.1) is 0 Å². The van der Waals surface area contributed by atoms with E-state index in [1.54, 1.807) is 0 Å². The van der Waals surface area contributed by atoms with Gasteiger partial charge in [0.1, 0.15) is 6.10 Å². The number of rotatable bonds is 3. The maximum atomic E-state index is 12.6. The van der Waals surface area contributed by atoms with Crippen molar-refractivity contribution < 1.29 is 9.53 Å². The molecule has 0 N–H and O–H groups in total. The molecule has 1 atom stereocenters. The molecule has 120 valence electrons. The molecule has 2 aliphatic heterocycles. The van der Waals surface area contributed by atoms with Crippen molar-refractivity contribution in [3.63, 3.8) is 0 Å². The highest BCUT2D eigenvalue weighted by atomic mass is 16.5. The Balaban J connectivity index is 1.55. The smallest absolute Gasteiger partial charge is 0.253 e. The van der Waals surface area contributed by atoms with Crippen LogP contribution >= 0.6 is 0 Å². The molecule has 1 aromatic carbocycles. The molecule has 2 fully saturated rings. The monoisotopic (exact) mass is 303 g/mol. The summed E-state index contributed by atoms with van der Waals surface area (Å²) in [6, 6.07) is 10.4. The predicted molar refractivity (Wildman–Crippen MR) is 85.5 cm³/mol. The van der Waals surface area contributed by atoms with Crippen molar-refractivity contribution in [3.8, 4) is 0 Å². The van der Waals surface area contributed by atoms with Gasteiger partial charge in [0.2, 0.25) is 0 Å². The van der Waals surface area contributed by atoms with Crippen LogP contribution < -0.4 is 0 Å². The van der Waals surface area contributed by atoms with E-state index in [-0.39, 0.29) is 12.0 Å². The Labute approximate surface area is 132 Å².